The Balaban J connectivity index is 2.12. The molecule has 0 spiro atoms. The van der Waals surface area contributed by atoms with E-state index in [0.717, 1.165) is 18.4 Å². The molecular formula is C13H14ClN3O3S. The van der Waals surface area contributed by atoms with Gasteiger partial charge >= 0.3 is 0 Å². The molecule has 1 aromatic heterocycles. The van der Waals surface area contributed by atoms with Gasteiger partial charge in [0.25, 0.3) is 14.2 Å². The maximum absolute atomic E-state index is 11.6. The predicted octanol–water partition coefficient (Wildman–Crippen LogP) is 2.28. The molecular weight excluding hydrogens is 314 g/mol. The lowest BCUT2D eigenvalue weighted by molar-refractivity contribution is 0.124. The van der Waals surface area contributed by atoms with Crippen LogP contribution in [0.2, 0.25) is 0 Å². The van der Waals surface area contributed by atoms with E-state index >= 15 is 0 Å². The Hall–Kier alpha value is -1.44. The van der Waals surface area contributed by atoms with E-state index < -0.39 is 15.2 Å². The molecule has 1 fully saturated rings. The molecule has 1 aliphatic carbocycles. The van der Waals surface area contributed by atoms with Gasteiger partial charge < -0.3 is 4.74 Å². The van der Waals surface area contributed by atoms with Crippen molar-refractivity contribution in [3.05, 3.63) is 41.7 Å². The predicted molar refractivity (Wildman–Crippen MR) is 76.6 cm³/mol. The minimum Gasteiger partial charge on any atom is -0.369 e. The molecule has 1 unspecified atom stereocenters. The molecule has 0 aliphatic heterocycles. The molecule has 1 atom stereocenters. The van der Waals surface area contributed by atoms with Crippen molar-refractivity contribution in [2.75, 3.05) is 7.11 Å². The van der Waals surface area contributed by atoms with Crippen molar-refractivity contribution in [2.45, 2.75) is 30.1 Å². The average molecular weight is 328 g/mol. The third kappa shape index (κ3) is 2.81. The minimum absolute atomic E-state index is 0.0693. The van der Waals surface area contributed by atoms with Crippen LogP contribution in [0.5, 0.6) is 0 Å². The third-order valence-corrected chi connectivity index (χ3v) is 4.52. The normalized spacial score (nSPS) is 16.9. The summed E-state index contributed by atoms with van der Waals surface area (Å²) in [5, 5.41) is 7.56. The molecule has 0 radical (unpaired) electrons. The summed E-state index contributed by atoms with van der Waals surface area (Å²) >= 11 is 0. The van der Waals surface area contributed by atoms with Gasteiger partial charge in [-0.1, -0.05) is 30.3 Å². The molecule has 1 heterocycles. The first-order valence-corrected chi connectivity index (χ1v) is 8.80. The summed E-state index contributed by atoms with van der Waals surface area (Å²) in [6, 6.07) is 9.54. The van der Waals surface area contributed by atoms with Crippen molar-refractivity contribution in [1.82, 2.24) is 14.8 Å². The Morgan fingerprint density at radius 1 is 1.29 bits per heavy atom. The van der Waals surface area contributed by atoms with Gasteiger partial charge in [-0.15, -0.1) is 10.2 Å². The quantitative estimate of drug-likeness (QED) is 0.788. The number of aromatic nitrogens is 3. The highest BCUT2D eigenvalue weighted by molar-refractivity contribution is 8.13. The zero-order valence-electron chi connectivity index (χ0n) is 11.3. The monoisotopic (exact) mass is 327 g/mol. The van der Waals surface area contributed by atoms with E-state index in [4.69, 9.17) is 15.4 Å². The van der Waals surface area contributed by atoms with E-state index in [1.165, 1.54) is 0 Å². The van der Waals surface area contributed by atoms with Crippen molar-refractivity contribution in [2.24, 2.45) is 0 Å². The highest BCUT2D eigenvalue weighted by atomic mass is 35.7. The van der Waals surface area contributed by atoms with Gasteiger partial charge in [0.2, 0.25) is 0 Å². The van der Waals surface area contributed by atoms with E-state index in [1.807, 2.05) is 30.3 Å². The Morgan fingerprint density at radius 2 is 1.95 bits per heavy atom. The van der Waals surface area contributed by atoms with Crippen molar-refractivity contribution >= 4 is 19.7 Å². The topological polar surface area (TPSA) is 74.1 Å². The first-order valence-electron chi connectivity index (χ1n) is 6.49. The molecule has 1 aromatic carbocycles. The first kappa shape index (κ1) is 14.5. The van der Waals surface area contributed by atoms with Crippen LogP contribution in [-0.4, -0.2) is 30.3 Å². The molecule has 0 amide bonds. The summed E-state index contributed by atoms with van der Waals surface area (Å²) in [5.74, 6) is 0.463. The van der Waals surface area contributed by atoms with Crippen LogP contribution < -0.4 is 0 Å². The summed E-state index contributed by atoms with van der Waals surface area (Å²) in [5.41, 5.74) is 0.882. The number of benzene rings is 1. The smallest absolute Gasteiger partial charge is 0.296 e. The van der Waals surface area contributed by atoms with Crippen molar-refractivity contribution in [1.29, 1.82) is 0 Å². The summed E-state index contributed by atoms with van der Waals surface area (Å²) in [6.07, 6.45) is 1.29. The van der Waals surface area contributed by atoms with Crippen molar-refractivity contribution in [3.63, 3.8) is 0 Å². The Bertz CT molecular complexity index is 741. The Kier molecular flexibility index (Phi) is 3.73. The van der Waals surface area contributed by atoms with E-state index in [0.29, 0.717) is 5.82 Å². The lowest BCUT2D eigenvalue weighted by Crippen LogP contribution is -2.14. The number of methoxy groups -OCH3 is 1. The molecule has 3 rings (SSSR count). The fraction of sp³-hybridized carbons (Fsp3) is 0.385. The van der Waals surface area contributed by atoms with Crippen LogP contribution in [0.15, 0.2) is 35.5 Å². The van der Waals surface area contributed by atoms with Crippen molar-refractivity contribution < 1.29 is 13.2 Å². The largest absolute Gasteiger partial charge is 0.369 e. The van der Waals surface area contributed by atoms with Gasteiger partial charge in [0.15, 0.2) is 5.82 Å². The van der Waals surface area contributed by atoms with E-state index in [-0.39, 0.29) is 11.2 Å². The standard InChI is InChI=1S/C13H14ClN3O3S/c1-20-11(9-5-3-2-4-6-9)12-15-16-13(21(14,18)19)17(12)10-7-8-10/h2-6,10-11H,7-8H2,1H3. The summed E-state index contributed by atoms with van der Waals surface area (Å²) in [4.78, 5) is 0. The lowest BCUT2D eigenvalue weighted by Gasteiger charge is -2.16. The number of rotatable bonds is 5. The molecule has 0 saturated heterocycles. The highest BCUT2D eigenvalue weighted by Gasteiger charge is 2.36. The molecule has 1 saturated carbocycles. The van der Waals surface area contributed by atoms with Crippen LogP contribution in [0.25, 0.3) is 0 Å². The third-order valence-electron chi connectivity index (χ3n) is 3.39. The van der Waals surface area contributed by atoms with Crippen LogP contribution in [0, 0.1) is 0 Å². The second kappa shape index (κ2) is 5.40. The number of hydrogen-bond donors (Lipinski definition) is 0. The van der Waals surface area contributed by atoms with Crippen LogP contribution in [0.1, 0.15) is 36.4 Å². The molecule has 2 aromatic rings. The van der Waals surface area contributed by atoms with Crippen LogP contribution in [0.4, 0.5) is 0 Å². The van der Waals surface area contributed by atoms with Gasteiger partial charge in [0.05, 0.1) is 0 Å². The van der Waals surface area contributed by atoms with Gasteiger partial charge in [-0.05, 0) is 18.4 Å². The highest BCUT2D eigenvalue weighted by Crippen LogP contribution is 2.40. The minimum atomic E-state index is -3.94. The zero-order valence-corrected chi connectivity index (χ0v) is 12.9. The van der Waals surface area contributed by atoms with Crippen LogP contribution in [-0.2, 0) is 13.8 Å². The molecule has 0 N–H and O–H groups in total. The van der Waals surface area contributed by atoms with E-state index in [2.05, 4.69) is 10.2 Å². The Morgan fingerprint density at radius 3 is 2.48 bits per heavy atom. The maximum atomic E-state index is 11.6. The molecule has 112 valence electrons. The van der Waals surface area contributed by atoms with E-state index in [1.54, 1.807) is 11.7 Å². The van der Waals surface area contributed by atoms with Gasteiger partial charge in [-0.3, -0.25) is 4.57 Å². The number of ether oxygens (including phenoxy) is 1. The van der Waals surface area contributed by atoms with Crippen LogP contribution in [0.3, 0.4) is 0 Å². The molecule has 0 bridgehead atoms. The average Bonchev–Trinajstić information content (AvgIpc) is 3.19. The van der Waals surface area contributed by atoms with Gasteiger partial charge in [0.1, 0.15) is 6.10 Å². The summed E-state index contributed by atoms with van der Waals surface area (Å²) in [7, 11) is 3.07. The maximum Gasteiger partial charge on any atom is 0.296 e. The first-order chi connectivity index (χ1) is 10.0. The zero-order chi connectivity index (χ0) is 15.0. The van der Waals surface area contributed by atoms with E-state index in [9.17, 15) is 8.42 Å². The van der Waals surface area contributed by atoms with Gasteiger partial charge in [-0.2, -0.15) is 0 Å². The molecule has 6 nitrogen and oxygen atoms in total. The fourth-order valence-corrected chi connectivity index (χ4v) is 3.26. The summed E-state index contributed by atoms with van der Waals surface area (Å²) in [6.45, 7) is 0. The van der Waals surface area contributed by atoms with Crippen LogP contribution >= 0.6 is 10.7 Å². The van der Waals surface area contributed by atoms with Crippen molar-refractivity contribution in [3.8, 4) is 0 Å². The Labute approximate surface area is 127 Å². The second-order valence-corrected chi connectivity index (χ2v) is 7.37. The molecule has 8 heteroatoms. The summed E-state index contributed by atoms with van der Waals surface area (Å²) < 4.78 is 30.4. The van der Waals surface area contributed by atoms with Gasteiger partial charge in [-0.25, -0.2) is 8.42 Å². The number of hydrogen-bond acceptors (Lipinski definition) is 5. The lowest BCUT2D eigenvalue weighted by atomic mass is 10.1. The number of halogens is 1. The fourth-order valence-electron chi connectivity index (χ4n) is 2.33. The molecule has 21 heavy (non-hydrogen) atoms. The second-order valence-electron chi connectivity index (χ2n) is 4.91. The molecule has 1 aliphatic rings. The number of nitrogens with zero attached hydrogens (tertiary/aromatic N) is 3. The SMILES string of the molecule is COC(c1ccccc1)c1nnc(S(=O)(=O)Cl)n1C1CC1. The van der Waals surface area contributed by atoms with Gasteiger partial charge in [0, 0.05) is 23.8 Å².